The summed E-state index contributed by atoms with van der Waals surface area (Å²) in [6.07, 6.45) is 3.62. The standard InChI is InChI=1S/C27H21FNS.C15H18GeN.Ir/c1-16(2)18-11-12-29-24(14-18)21-9-10-23(28)26-22-8-7-20(15-25(22)30-27(21)26)19-6-4-5-17(3)13-19;1-12-5-7-13(8-6-12)15-10-9-14(11-17-15)16(2,3)4;/h4-8,10-16H,1-3H3;5-7,9-11H,1-4H3;/q2*-1;/i3D3,16D;1D3;. The summed E-state index contributed by atoms with van der Waals surface area (Å²) < 4.78 is 71.4. The molecule has 0 N–H and O–H groups in total. The molecule has 3 heterocycles. The molecule has 0 bridgehead atoms. The minimum atomic E-state index is -2.18. The Morgan fingerprint density at radius 1 is 0.833 bits per heavy atom. The summed E-state index contributed by atoms with van der Waals surface area (Å²) in [6, 6.07) is 32.8. The maximum absolute atomic E-state index is 15.0. The summed E-state index contributed by atoms with van der Waals surface area (Å²) in [4.78, 5) is 8.97. The van der Waals surface area contributed by atoms with E-state index in [-0.39, 0.29) is 31.5 Å². The van der Waals surface area contributed by atoms with E-state index in [0.29, 0.717) is 22.2 Å². The molecule has 0 saturated carbocycles. The Balaban J connectivity index is 0.000000237. The van der Waals surface area contributed by atoms with E-state index in [4.69, 9.17) is 9.60 Å². The van der Waals surface area contributed by atoms with Gasteiger partial charge in [-0.25, -0.2) is 0 Å². The van der Waals surface area contributed by atoms with Gasteiger partial charge in [0, 0.05) is 42.3 Å². The Bertz CT molecular complexity index is 2390. The largest absolute Gasteiger partial charge is 0.305 e. The molecule has 2 nitrogen and oxygen atoms in total. The van der Waals surface area contributed by atoms with Crippen molar-refractivity contribution >= 4 is 49.2 Å². The summed E-state index contributed by atoms with van der Waals surface area (Å²) in [7, 11) is 0. The van der Waals surface area contributed by atoms with E-state index in [2.05, 4.69) is 45.4 Å². The van der Waals surface area contributed by atoms with Gasteiger partial charge in [0.1, 0.15) is 0 Å². The van der Waals surface area contributed by atoms with Gasteiger partial charge in [-0.3, -0.25) is 4.39 Å². The molecule has 0 aliphatic carbocycles. The van der Waals surface area contributed by atoms with E-state index in [0.717, 1.165) is 42.7 Å². The first-order valence-corrected chi connectivity index (χ1v) is 23.5. The van der Waals surface area contributed by atoms with E-state index in [1.807, 2.05) is 62.5 Å². The number of nitrogens with zero attached hydrogens (tertiary/aromatic N) is 2. The summed E-state index contributed by atoms with van der Waals surface area (Å²) in [6.45, 7) is -0.622. The average Bonchev–Trinajstić information content (AvgIpc) is 3.51. The van der Waals surface area contributed by atoms with Crippen LogP contribution in [0.3, 0.4) is 0 Å². The molecule has 1 radical (unpaired) electrons. The molecule has 0 unspecified atom stereocenters. The van der Waals surface area contributed by atoms with Crippen LogP contribution in [0.5, 0.6) is 0 Å². The zero-order valence-corrected chi connectivity index (χ0v) is 32.6. The fourth-order valence-corrected chi connectivity index (χ4v) is 8.74. The quantitative estimate of drug-likeness (QED) is 0.127. The molecule has 0 aliphatic rings. The Hall–Kier alpha value is -3.48. The Morgan fingerprint density at radius 3 is 2.33 bits per heavy atom. The van der Waals surface area contributed by atoms with Gasteiger partial charge in [0.05, 0.1) is 0 Å². The van der Waals surface area contributed by atoms with Gasteiger partial charge in [-0.05, 0) is 57.2 Å². The maximum Gasteiger partial charge on any atom is 0.0470 e. The van der Waals surface area contributed by atoms with Crippen LogP contribution in [0.1, 0.15) is 46.0 Å². The maximum atomic E-state index is 15.0. The van der Waals surface area contributed by atoms with Crippen LogP contribution in [0.25, 0.3) is 53.8 Å². The number of aromatic nitrogens is 2. The molecule has 245 valence electrons. The SMILES string of the molecule is [2H]C([2H])([2H])c1c[c-]c(-c2cc[c]([Ge]([CH3])([CH3])[CH3])cn2)cc1.[2H]C([2H])([2H])c1cccc(-c2ccc3c(c2)sc2c(-c4cc(C([2H])(C)C)ccn4)[c-]cc(F)c23)c1.[Ir]. The molecule has 0 fully saturated rings. The van der Waals surface area contributed by atoms with Crippen molar-refractivity contribution in [1.82, 2.24) is 9.97 Å². The van der Waals surface area contributed by atoms with Crippen LogP contribution in [0.15, 0.2) is 103 Å². The van der Waals surface area contributed by atoms with Crippen LogP contribution < -0.4 is 4.40 Å². The number of benzene rings is 4. The van der Waals surface area contributed by atoms with Crippen molar-refractivity contribution in [3.63, 3.8) is 0 Å². The van der Waals surface area contributed by atoms with Crippen LogP contribution in [0, 0.1) is 31.7 Å². The molecule has 0 amide bonds. The van der Waals surface area contributed by atoms with Crippen molar-refractivity contribution in [2.24, 2.45) is 0 Å². The number of halogens is 1. The zero-order chi connectivity index (χ0) is 39.2. The van der Waals surface area contributed by atoms with Gasteiger partial charge in [0.2, 0.25) is 0 Å². The first-order chi connectivity index (χ1) is 25.2. The molecule has 7 rings (SSSR count). The summed E-state index contributed by atoms with van der Waals surface area (Å²) in [5.41, 5.74) is 6.09. The van der Waals surface area contributed by atoms with Gasteiger partial charge in [-0.2, -0.15) is 11.3 Å². The van der Waals surface area contributed by atoms with Crippen LogP contribution in [-0.4, -0.2) is 23.2 Å². The molecule has 4 aromatic carbocycles. The Labute approximate surface area is 314 Å². The van der Waals surface area contributed by atoms with Crippen molar-refractivity contribution in [3.05, 3.63) is 138 Å². The fraction of sp³-hybridized carbons (Fsp3) is 0.190. The van der Waals surface area contributed by atoms with Crippen molar-refractivity contribution < 1.29 is 34.1 Å². The molecule has 6 heteroatoms. The van der Waals surface area contributed by atoms with Gasteiger partial charge < -0.3 is 4.98 Å². The molecule has 48 heavy (non-hydrogen) atoms. The number of thiophene rings is 1. The van der Waals surface area contributed by atoms with Gasteiger partial charge in [-0.1, -0.05) is 67.4 Å². The van der Waals surface area contributed by atoms with Crippen LogP contribution in [-0.2, 0) is 20.1 Å². The van der Waals surface area contributed by atoms with Crippen molar-refractivity contribution in [1.29, 1.82) is 0 Å². The van der Waals surface area contributed by atoms with Crippen molar-refractivity contribution in [3.8, 4) is 33.6 Å². The summed E-state index contributed by atoms with van der Waals surface area (Å²) in [5, 5.41) is 1.31. The third kappa shape index (κ3) is 7.87. The van der Waals surface area contributed by atoms with E-state index >= 15 is 0 Å². The molecule has 3 aromatic heterocycles. The van der Waals surface area contributed by atoms with E-state index in [1.54, 1.807) is 36.5 Å². The molecule has 0 aliphatic heterocycles. The summed E-state index contributed by atoms with van der Waals surface area (Å²) >= 11 is -0.371. The van der Waals surface area contributed by atoms with Crippen LogP contribution in [0.2, 0.25) is 17.3 Å². The van der Waals surface area contributed by atoms with Crippen LogP contribution >= 0.6 is 11.3 Å². The van der Waals surface area contributed by atoms with Gasteiger partial charge >= 0.3 is 110 Å². The minimum absolute atomic E-state index is 0. The molecular formula is C42H39FGeIrN2S-2. The molecule has 0 spiro atoms. The number of fused-ring (bicyclic) bond motifs is 3. The first kappa shape index (κ1) is 27.4. The Kier molecular flexibility index (Phi) is 8.53. The summed E-state index contributed by atoms with van der Waals surface area (Å²) in [5.74, 6) is 5.85. The predicted molar refractivity (Wildman–Crippen MR) is 202 cm³/mol. The van der Waals surface area contributed by atoms with E-state index < -0.39 is 32.9 Å². The number of hydrogen-bond donors (Lipinski definition) is 0. The Morgan fingerprint density at radius 2 is 1.65 bits per heavy atom. The zero-order valence-electron chi connectivity index (χ0n) is 34.3. The predicted octanol–water partition coefficient (Wildman–Crippen LogP) is 11.6. The third-order valence-electron chi connectivity index (χ3n) is 8.01. The molecule has 0 atom stereocenters. The first-order valence-electron chi connectivity index (χ1n) is 18.8. The second kappa shape index (κ2) is 15.0. The number of pyridine rings is 2. The molecular weight excluding hydrogens is 848 g/mol. The normalized spacial score (nSPS) is 14.2. The fourth-order valence-electron chi connectivity index (χ4n) is 5.31. The van der Waals surface area contributed by atoms with Crippen molar-refractivity contribution in [2.75, 3.05) is 0 Å². The monoisotopic (exact) mass is 896 g/mol. The molecule has 0 saturated heterocycles. The molecule has 7 aromatic rings. The second-order valence-electron chi connectivity index (χ2n) is 12.7. The number of aryl methyl sites for hydroxylation is 2. The van der Waals surface area contributed by atoms with Gasteiger partial charge in [0.15, 0.2) is 0 Å². The minimum Gasteiger partial charge on any atom is -0.305 e. The number of rotatable bonds is 5. The third-order valence-corrected chi connectivity index (χ3v) is 13.4. The second-order valence-corrected chi connectivity index (χ2v) is 24.4. The average molecular weight is 895 g/mol. The number of hydrogen-bond acceptors (Lipinski definition) is 3. The topological polar surface area (TPSA) is 25.8 Å². The van der Waals surface area contributed by atoms with E-state index in [9.17, 15) is 4.39 Å². The van der Waals surface area contributed by atoms with Gasteiger partial charge in [-0.15, -0.1) is 17.7 Å². The smallest absolute Gasteiger partial charge is 0.0470 e. The van der Waals surface area contributed by atoms with Crippen LogP contribution in [0.4, 0.5) is 4.39 Å². The van der Waals surface area contributed by atoms with E-state index in [1.165, 1.54) is 27.9 Å². The van der Waals surface area contributed by atoms with Crippen molar-refractivity contribution in [2.45, 2.75) is 50.7 Å². The van der Waals surface area contributed by atoms with Gasteiger partial charge in [0.25, 0.3) is 0 Å².